The maximum atomic E-state index is 6.31. The van der Waals surface area contributed by atoms with Crippen molar-refractivity contribution in [3.63, 3.8) is 0 Å². The standard InChI is InChI=1S/C21H29ClN6/c1-16(27-17(2)23)7-4-5-13-28(14-12-24-3)20-15-18(22)8-9-19(20)21-25-10-6-11-26-21/h6-11,15,24H,4-5,12-14H2,1-3H3,(H2,23,27)/b16-7-. The maximum absolute atomic E-state index is 6.31. The summed E-state index contributed by atoms with van der Waals surface area (Å²) in [6.45, 7) is 6.38. The number of anilines is 1. The van der Waals surface area contributed by atoms with Gasteiger partial charge in [-0.2, -0.15) is 0 Å². The Morgan fingerprint density at radius 2 is 2.00 bits per heavy atom. The molecule has 150 valence electrons. The predicted molar refractivity (Wildman–Crippen MR) is 119 cm³/mol. The number of nitrogens with two attached hydrogens (primary N) is 1. The van der Waals surface area contributed by atoms with Crippen molar-refractivity contribution in [1.82, 2.24) is 15.3 Å². The smallest absolute Gasteiger partial charge is 0.161 e. The number of nitrogens with zero attached hydrogens (tertiary/aromatic N) is 4. The molecule has 0 fully saturated rings. The highest BCUT2D eigenvalue weighted by atomic mass is 35.5. The number of allylic oxidation sites excluding steroid dienone is 2. The Bertz CT molecular complexity index is 800. The molecule has 0 saturated carbocycles. The minimum Gasteiger partial charge on any atom is -0.387 e. The van der Waals surface area contributed by atoms with Gasteiger partial charge in [-0.3, -0.25) is 0 Å². The zero-order valence-electron chi connectivity index (χ0n) is 16.8. The molecule has 2 rings (SSSR count). The first-order valence-electron chi connectivity index (χ1n) is 9.45. The van der Waals surface area contributed by atoms with Gasteiger partial charge in [0.1, 0.15) is 0 Å². The van der Waals surface area contributed by atoms with Gasteiger partial charge in [0.15, 0.2) is 5.82 Å². The number of unbranched alkanes of at least 4 members (excludes halogenated alkanes) is 1. The van der Waals surface area contributed by atoms with Gasteiger partial charge < -0.3 is 16.0 Å². The highest BCUT2D eigenvalue weighted by molar-refractivity contribution is 6.31. The van der Waals surface area contributed by atoms with E-state index < -0.39 is 0 Å². The van der Waals surface area contributed by atoms with E-state index in [1.54, 1.807) is 19.3 Å². The summed E-state index contributed by atoms with van der Waals surface area (Å²) >= 11 is 6.31. The summed E-state index contributed by atoms with van der Waals surface area (Å²) in [6.07, 6.45) is 7.54. The van der Waals surface area contributed by atoms with Crippen molar-refractivity contribution in [3.05, 3.63) is 53.5 Å². The molecule has 1 aromatic heterocycles. The van der Waals surface area contributed by atoms with E-state index in [9.17, 15) is 0 Å². The van der Waals surface area contributed by atoms with Crippen LogP contribution in [-0.4, -0.2) is 42.5 Å². The van der Waals surface area contributed by atoms with Gasteiger partial charge in [-0.1, -0.05) is 17.7 Å². The summed E-state index contributed by atoms with van der Waals surface area (Å²) in [5.74, 6) is 1.28. The molecule has 28 heavy (non-hydrogen) atoms. The Morgan fingerprint density at radius 3 is 2.68 bits per heavy atom. The van der Waals surface area contributed by atoms with Crippen molar-refractivity contribution in [3.8, 4) is 11.4 Å². The highest BCUT2D eigenvalue weighted by Gasteiger charge is 2.14. The van der Waals surface area contributed by atoms with Gasteiger partial charge in [0.25, 0.3) is 0 Å². The second-order valence-corrected chi connectivity index (χ2v) is 7.00. The van der Waals surface area contributed by atoms with Gasteiger partial charge in [-0.15, -0.1) is 0 Å². The van der Waals surface area contributed by atoms with E-state index in [4.69, 9.17) is 17.3 Å². The fraction of sp³-hybridized carbons (Fsp3) is 0.381. The van der Waals surface area contributed by atoms with E-state index >= 15 is 0 Å². The Hall–Kier alpha value is -2.44. The van der Waals surface area contributed by atoms with Crippen molar-refractivity contribution in [1.29, 1.82) is 0 Å². The van der Waals surface area contributed by atoms with Gasteiger partial charge in [-0.05, 0) is 58.0 Å². The van der Waals surface area contributed by atoms with Gasteiger partial charge in [-0.25, -0.2) is 15.0 Å². The lowest BCUT2D eigenvalue weighted by Crippen LogP contribution is -2.32. The molecule has 0 unspecified atom stereocenters. The topological polar surface area (TPSA) is 79.4 Å². The molecule has 0 saturated heterocycles. The molecular weight excluding hydrogens is 372 g/mol. The Kier molecular flexibility index (Phi) is 8.91. The fourth-order valence-electron chi connectivity index (χ4n) is 2.91. The molecule has 3 N–H and O–H groups in total. The van der Waals surface area contributed by atoms with Crippen molar-refractivity contribution < 1.29 is 0 Å². The van der Waals surface area contributed by atoms with E-state index in [-0.39, 0.29) is 0 Å². The lowest BCUT2D eigenvalue weighted by molar-refractivity contribution is 0.695. The van der Waals surface area contributed by atoms with Crippen LogP contribution in [-0.2, 0) is 0 Å². The van der Waals surface area contributed by atoms with E-state index in [2.05, 4.69) is 31.3 Å². The van der Waals surface area contributed by atoms with Crippen LogP contribution < -0.4 is 16.0 Å². The quantitative estimate of drug-likeness (QED) is 0.359. The number of aromatic nitrogens is 2. The summed E-state index contributed by atoms with van der Waals surface area (Å²) < 4.78 is 0. The number of nitrogens with one attached hydrogen (secondary N) is 1. The van der Waals surface area contributed by atoms with Crippen LogP contribution in [0.25, 0.3) is 11.4 Å². The second-order valence-electron chi connectivity index (χ2n) is 6.57. The normalized spacial score (nSPS) is 12.3. The Labute approximate surface area is 172 Å². The van der Waals surface area contributed by atoms with E-state index in [1.807, 2.05) is 38.2 Å². The molecule has 1 heterocycles. The average molecular weight is 401 g/mol. The van der Waals surface area contributed by atoms with Crippen molar-refractivity contribution in [2.24, 2.45) is 10.7 Å². The largest absolute Gasteiger partial charge is 0.387 e. The number of hydrogen-bond donors (Lipinski definition) is 2. The summed E-state index contributed by atoms with van der Waals surface area (Å²) in [5, 5.41) is 3.92. The first-order valence-corrected chi connectivity index (χ1v) is 9.83. The number of likely N-dealkylation sites (N-methyl/N-ethyl adjacent to an activating group) is 1. The molecule has 7 heteroatoms. The van der Waals surface area contributed by atoms with Crippen LogP contribution >= 0.6 is 11.6 Å². The van der Waals surface area contributed by atoms with E-state index in [0.29, 0.717) is 16.7 Å². The lowest BCUT2D eigenvalue weighted by Gasteiger charge is -2.27. The number of hydrogen-bond acceptors (Lipinski definition) is 5. The van der Waals surface area contributed by atoms with Crippen LogP contribution in [0.4, 0.5) is 5.69 Å². The number of benzene rings is 1. The Balaban J connectivity index is 2.20. The molecule has 0 atom stereocenters. The van der Waals surface area contributed by atoms with Gasteiger partial charge in [0, 0.05) is 54.0 Å². The molecule has 0 bridgehead atoms. The monoisotopic (exact) mass is 400 g/mol. The summed E-state index contributed by atoms with van der Waals surface area (Å²) in [7, 11) is 1.95. The molecule has 0 amide bonds. The number of amidine groups is 1. The minimum absolute atomic E-state index is 0.579. The molecular formula is C21H29ClN6. The fourth-order valence-corrected chi connectivity index (χ4v) is 3.08. The third-order valence-electron chi connectivity index (χ3n) is 4.16. The van der Waals surface area contributed by atoms with Gasteiger partial charge in [0.05, 0.1) is 5.84 Å². The molecule has 2 aromatic rings. The SMILES string of the molecule is CNCCN(CCC/C=C(/C)N=C(C)N)c1cc(Cl)ccc1-c1ncccn1. The molecule has 6 nitrogen and oxygen atoms in total. The van der Waals surface area contributed by atoms with Crippen molar-refractivity contribution in [2.45, 2.75) is 26.7 Å². The predicted octanol–water partition coefficient (Wildman–Crippen LogP) is 3.88. The number of rotatable bonds is 10. The number of aliphatic imine (C=N–C) groups is 1. The maximum Gasteiger partial charge on any atom is 0.161 e. The number of halogens is 1. The summed E-state index contributed by atoms with van der Waals surface area (Å²) in [6, 6.07) is 7.68. The summed E-state index contributed by atoms with van der Waals surface area (Å²) in [5.41, 5.74) is 8.61. The highest BCUT2D eigenvalue weighted by Crippen LogP contribution is 2.31. The lowest BCUT2D eigenvalue weighted by atomic mass is 10.1. The molecule has 0 radical (unpaired) electrons. The minimum atomic E-state index is 0.579. The van der Waals surface area contributed by atoms with Gasteiger partial charge in [0.2, 0.25) is 0 Å². The van der Waals surface area contributed by atoms with Crippen LogP contribution in [0, 0.1) is 0 Å². The van der Waals surface area contributed by atoms with E-state index in [1.165, 1.54) is 0 Å². The third-order valence-corrected chi connectivity index (χ3v) is 4.40. The third kappa shape index (κ3) is 6.94. The van der Waals surface area contributed by atoms with Crippen LogP contribution in [0.3, 0.4) is 0 Å². The van der Waals surface area contributed by atoms with Crippen LogP contribution in [0.5, 0.6) is 0 Å². The average Bonchev–Trinajstić information content (AvgIpc) is 2.67. The van der Waals surface area contributed by atoms with E-state index in [0.717, 1.165) is 49.4 Å². The molecule has 0 aliphatic rings. The second kappa shape index (κ2) is 11.4. The Morgan fingerprint density at radius 1 is 1.25 bits per heavy atom. The summed E-state index contributed by atoms with van der Waals surface area (Å²) in [4.78, 5) is 15.4. The zero-order chi connectivity index (χ0) is 20.4. The molecule has 0 aliphatic carbocycles. The first-order chi connectivity index (χ1) is 13.5. The van der Waals surface area contributed by atoms with Crippen molar-refractivity contribution in [2.75, 3.05) is 31.6 Å². The van der Waals surface area contributed by atoms with Crippen molar-refractivity contribution >= 4 is 23.1 Å². The molecule has 0 aliphatic heterocycles. The first kappa shape index (κ1) is 21.9. The molecule has 1 aromatic carbocycles. The van der Waals surface area contributed by atoms with Crippen LogP contribution in [0.2, 0.25) is 5.02 Å². The molecule has 0 spiro atoms. The zero-order valence-corrected chi connectivity index (χ0v) is 17.6. The van der Waals surface area contributed by atoms with Gasteiger partial charge >= 0.3 is 0 Å². The van der Waals surface area contributed by atoms with Crippen LogP contribution in [0.15, 0.2) is 53.4 Å². The van der Waals surface area contributed by atoms with Crippen LogP contribution in [0.1, 0.15) is 26.7 Å².